The van der Waals surface area contributed by atoms with Gasteiger partial charge in [0.15, 0.2) is 0 Å². The second-order valence-corrected chi connectivity index (χ2v) is 7.45. The first kappa shape index (κ1) is 19.8. The third-order valence-corrected chi connectivity index (χ3v) is 5.28. The number of anilines is 1. The highest BCUT2D eigenvalue weighted by Crippen LogP contribution is 2.22. The number of aromatic nitrogens is 3. The summed E-state index contributed by atoms with van der Waals surface area (Å²) in [6.45, 7) is 2.55. The summed E-state index contributed by atoms with van der Waals surface area (Å²) >= 11 is 0. The van der Waals surface area contributed by atoms with E-state index in [0.29, 0.717) is 42.1 Å². The highest BCUT2D eigenvalue weighted by atomic mass is 19.1. The van der Waals surface area contributed by atoms with Crippen molar-refractivity contribution in [3.8, 4) is 11.3 Å². The number of hydrogen-bond acceptors (Lipinski definition) is 4. The fraction of sp³-hybridized carbons (Fsp3) is 0.273. The molecule has 0 radical (unpaired) electrons. The van der Waals surface area contributed by atoms with Crippen molar-refractivity contribution in [2.75, 3.05) is 18.4 Å². The van der Waals surface area contributed by atoms with Crippen molar-refractivity contribution in [3.05, 3.63) is 65.9 Å². The number of H-pyrrole nitrogens is 1. The van der Waals surface area contributed by atoms with Gasteiger partial charge in [0.25, 0.3) is 5.91 Å². The summed E-state index contributed by atoms with van der Waals surface area (Å²) in [6, 6.07) is 9.97. The van der Waals surface area contributed by atoms with Gasteiger partial charge >= 0.3 is 0 Å². The zero-order valence-electron chi connectivity index (χ0n) is 16.6. The molecule has 1 aromatic carbocycles. The summed E-state index contributed by atoms with van der Waals surface area (Å²) in [5, 5.41) is 9.75. The quantitative estimate of drug-likeness (QED) is 0.693. The van der Waals surface area contributed by atoms with E-state index in [2.05, 4.69) is 20.5 Å². The summed E-state index contributed by atoms with van der Waals surface area (Å²) < 4.78 is 13.7. The summed E-state index contributed by atoms with van der Waals surface area (Å²) in [4.78, 5) is 31.3. The Bertz CT molecular complexity index is 1070. The molecular formula is C22H22FN5O2. The van der Waals surface area contributed by atoms with Gasteiger partial charge in [-0.3, -0.25) is 19.7 Å². The predicted octanol–water partition coefficient (Wildman–Crippen LogP) is 3.41. The van der Waals surface area contributed by atoms with E-state index in [4.69, 9.17) is 0 Å². The number of amides is 2. The van der Waals surface area contributed by atoms with Crippen LogP contribution in [0.5, 0.6) is 0 Å². The molecule has 0 saturated carbocycles. The number of aromatic amines is 1. The van der Waals surface area contributed by atoms with Gasteiger partial charge in [-0.15, -0.1) is 0 Å². The number of aryl methyl sites for hydroxylation is 1. The average molecular weight is 407 g/mol. The van der Waals surface area contributed by atoms with Crippen molar-refractivity contribution in [2.45, 2.75) is 19.8 Å². The Hall–Kier alpha value is -3.55. The molecule has 7 nitrogen and oxygen atoms in total. The highest BCUT2D eigenvalue weighted by molar-refractivity contribution is 5.95. The van der Waals surface area contributed by atoms with Crippen LogP contribution in [-0.2, 0) is 4.79 Å². The smallest absolute Gasteiger partial charge is 0.271 e. The normalized spacial score (nSPS) is 16.3. The van der Waals surface area contributed by atoms with Crippen molar-refractivity contribution >= 4 is 17.5 Å². The van der Waals surface area contributed by atoms with Crippen LogP contribution in [0.1, 0.15) is 28.9 Å². The molecule has 1 saturated heterocycles. The third-order valence-electron chi connectivity index (χ3n) is 5.28. The van der Waals surface area contributed by atoms with Gasteiger partial charge in [0.05, 0.1) is 11.6 Å². The fourth-order valence-electron chi connectivity index (χ4n) is 3.55. The minimum atomic E-state index is -0.364. The third kappa shape index (κ3) is 4.22. The van der Waals surface area contributed by atoms with Gasteiger partial charge in [-0.05, 0) is 55.7 Å². The van der Waals surface area contributed by atoms with E-state index in [1.807, 2.05) is 6.07 Å². The molecule has 4 rings (SSSR count). The van der Waals surface area contributed by atoms with Crippen LogP contribution in [-0.4, -0.2) is 45.0 Å². The van der Waals surface area contributed by atoms with Crippen LogP contribution in [0.4, 0.5) is 10.1 Å². The second kappa shape index (κ2) is 8.44. The first-order chi connectivity index (χ1) is 14.5. The summed E-state index contributed by atoms with van der Waals surface area (Å²) in [5.41, 5.74) is 2.76. The standard InChI is InChI=1S/C22H22FN5O2/c1-14-6-7-17(10-18(14)23)25-21(29)16-5-3-9-28(13-16)22(30)20-11-19(26-27-20)15-4-2-8-24-12-15/h2,4,6-8,10-12,16H,3,5,9,13H2,1H3,(H,25,29)(H,26,27)/t16-/m1/s1. The van der Waals surface area contributed by atoms with Crippen molar-refractivity contribution in [1.29, 1.82) is 0 Å². The number of likely N-dealkylation sites (tertiary alicyclic amines) is 1. The topological polar surface area (TPSA) is 91.0 Å². The van der Waals surface area contributed by atoms with Gasteiger partial charge in [0.1, 0.15) is 11.5 Å². The van der Waals surface area contributed by atoms with Gasteiger partial charge in [-0.1, -0.05) is 6.07 Å². The molecule has 0 bridgehead atoms. The number of rotatable bonds is 4. The minimum absolute atomic E-state index is 0.198. The van der Waals surface area contributed by atoms with Crippen molar-refractivity contribution < 1.29 is 14.0 Å². The lowest BCUT2D eigenvalue weighted by atomic mass is 9.96. The molecule has 2 amide bonds. The Labute approximate surface area is 173 Å². The largest absolute Gasteiger partial charge is 0.337 e. The molecule has 0 unspecified atom stereocenters. The number of nitrogens with zero attached hydrogens (tertiary/aromatic N) is 3. The molecule has 2 N–H and O–H groups in total. The van der Waals surface area contributed by atoms with Crippen LogP contribution in [0, 0.1) is 18.7 Å². The number of carbonyl (C=O) groups is 2. The minimum Gasteiger partial charge on any atom is -0.337 e. The molecule has 1 fully saturated rings. The summed E-state index contributed by atoms with van der Waals surface area (Å²) in [7, 11) is 0. The van der Waals surface area contributed by atoms with Crippen LogP contribution >= 0.6 is 0 Å². The Morgan fingerprint density at radius 3 is 2.90 bits per heavy atom. The summed E-state index contributed by atoms with van der Waals surface area (Å²) in [5.74, 6) is -1.13. The lowest BCUT2D eigenvalue weighted by molar-refractivity contribution is -0.121. The first-order valence-corrected chi connectivity index (χ1v) is 9.83. The van der Waals surface area contributed by atoms with Gasteiger partial charge in [0, 0.05) is 36.7 Å². The van der Waals surface area contributed by atoms with E-state index in [1.54, 1.807) is 48.5 Å². The van der Waals surface area contributed by atoms with Crippen molar-refractivity contribution in [2.24, 2.45) is 5.92 Å². The monoisotopic (exact) mass is 407 g/mol. The van der Waals surface area contributed by atoms with Gasteiger partial charge in [-0.2, -0.15) is 5.10 Å². The number of pyridine rings is 1. The molecule has 3 heterocycles. The molecule has 8 heteroatoms. The number of hydrogen-bond donors (Lipinski definition) is 2. The Morgan fingerprint density at radius 1 is 1.27 bits per heavy atom. The molecule has 1 aliphatic heterocycles. The average Bonchev–Trinajstić information content (AvgIpc) is 3.27. The van der Waals surface area contributed by atoms with Crippen LogP contribution in [0.2, 0.25) is 0 Å². The second-order valence-electron chi connectivity index (χ2n) is 7.45. The Morgan fingerprint density at radius 2 is 2.13 bits per heavy atom. The zero-order chi connectivity index (χ0) is 21.1. The van der Waals surface area contributed by atoms with Crippen LogP contribution in [0.15, 0.2) is 48.8 Å². The maximum Gasteiger partial charge on any atom is 0.271 e. The van der Waals surface area contributed by atoms with E-state index in [1.165, 1.54) is 6.07 Å². The summed E-state index contributed by atoms with van der Waals surface area (Å²) in [6.07, 6.45) is 4.75. The molecule has 0 aliphatic carbocycles. The number of piperidine rings is 1. The molecule has 154 valence electrons. The van der Waals surface area contributed by atoms with E-state index in [9.17, 15) is 14.0 Å². The molecule has 0 spiro atoms. The van der Waals surface area contributed by atoms with Crippen LogP contribution in [0.25, 0.3) is 11.3 Å². The van der Waals surface area contributed by atoms with Crippen molar-refractivity contribution in [3.63, 3.8) is 0 Å². The van der Waals surface area contributed by atoms with Gasteiger partial charge in [0.2, 0.25) is 5.91 Å². The zero-order valence-corrected chi connectivity index (χ0v) is 16.6. The molecule has 3 aromatic rings. The fourth-order valence-corrected chi connectivity index (χ4v) is 3.55. The molecular weight excluding hydrogens is 385 g/mol. The van der Waals surface area contributed by atoms with E-state index < -0.39 is 0 Å². The number of halogens is 1. The number of carbonyl (C=O) groups excluding carboxylic acids is 2. The maximum atomic E-state index is 13.7. The van der Waals surface area contributed by atoms with Crippen molar-refractivity contribution in [1.82, 2.24) is 20.1 Å². The van der Waals surface area contributed by atoms with Gasteiger partial charge in [-0.25, -0.2) is 4.39 Å². The first-order valence-electron chi connectivity index (χ1n) is 9.83. The lowest BCUT2D eigenvalue weighted by Crippen LogP contribution is -2.43. The molecule has 1 aliphatic rings. The van der Waals surface area contributed by atoms with Crippen LogP contribution < -0.4 is 5.32 Å². The Kier molecular flexibility index (Phi) is 5.56. The number of benzene rings is 1. The number of nitrogens with one attached hydrogen (secondary N) is 2. The maximum absolute atomic E-state index is 13.7. The SMILES string of the molecule is Cc1ccc(NC(=O)[C@@H]2CCCN(C(=O)c3cc(-c4cccnc4)n[nH]3)C2)cc1F. The molecule has 1 atom stereocenters. The molecule has 2 aromatic heterocycles. The van der Waals surface area contributed by atoms with E-state index >= 15 is 0 Å². The Balaban J connectivity index is 1.42. The van der Waals surface area contributed by atoms with Gasteiger partial charge < -0.3 is 10.2 Å². The predicted molar refractivity (Wildman–Crippen MR) is 110 cm³/mol. The van der Waals surface area contributed by atoms with E-state index in [-0.39, 0.29) is 23.5 Å². The molecule has 30 heavy (non-hydrogen) atoms. The highest BCUT2D eigenvalue weighted by Gasteiger charge is 2.30. The van der Waals surface area contributed by atoms with E-state index in [0.717, 1.165) is 12.0 Å². The van der Waals surface area contributed by atoms with Crippen LogP contribution in [0.3, 0.4) is 0 Å². The lowest BCUT2D eigenvalue weighted by Gasteiger charge is -2.31.